The fourth-order valence-electron chi connectivity index (χ4n) is 4.66. The molecule has 0 spiro atoms. The van der Waals surface area contributed by atoms with Crippen molar-refractivity contribution >= 4 is 0 Å². The molecule has 2 aromatic rings. The van der Waals surface area contributed by atoms with E-state index >= 15 is 0 Å². The first-order chi connectivity index (χ1) is 13.7. The fourth-order valence-corrected chi connectivity index (χ4v) is 4.66. The summed E-state index contributed by atoms with van der Waals surface area (Å²) in [5.41, 5.74) is 10.3. The molecule has 4 rings (SSSR count). The maximum absolute atomic E-state index is 6.63. The van der Waals surface area contributed by atoms with Crippen LogP contribution >= 0.6 is 0 Å². The lowest BCUT2D eigenvalue weighted by atomic mass is 9.84. The Morgan fingerprint density at radius 1 is 1.07 bits per heavy atom. The standard InChI is InChI=1S/C24H32N2O2/c1-27-16-14-18-8-11-21(12-9-18)28-24-22-7-3-2-5-19(22)10-13-23(24)26-15-4-6-20(25)17-26/h2-3,5,7-9,11-12,20,23-24H,4,6,10,13-17,25H2,1H3/t20-,23-,24-/m0/s1. The first kappa shape index (κ1) is 19.4. The third-order valence-electron chi connectivity index (χ3n) is 6.16. The average molecular weight is 381 g/mol. The van der Waals surface area contributed by atoms with Gasteiger partial charge in [0.15, 0.2) is 0 Å². The van der Waals surface area contributed by atoms with E-state index in [2.05, 4.69) is 53.4 Å². The van der Waals surface area contributed by atoms with E-state index in [1.165, 1.54) is 23.1 Å². The van der Waals surface area contributed by atoms with Crippen LogP contribution in [0, 0.1) is 0 Å². The van der Waals surface area contributed by atoms with Gasteiger partial charge in [-0.2, -0.15) is 0 Å². The molecule has 4 nitrogen and oxygen atoms in total. The molecule has 2 aromatic carbocycles. The quantitative estimate of drug-likeness (QED) is 0.829. The van der Waals surface area contributed by atoms with Gasteiger partial charge in [-0.05, 0) is 67.5 Å². The molecular formula is C24H32N2O2. The Morgan fingerprint density at radius 3 is 2.68 bits per heavy atom. The van der Waals surface area contributed by atoms with Gasteiger partial charge >= 0.3 is 0 Å². The molecule has 4 heteroatoms. The van der Waals surface area contributed by atoms with Crippen molar-refractivity contribution in [3.63, 3.8) is 0 Å². The predicted molar refractivity (Wildman–Crippen MR) is 113 cm³/mol. The second-order valence-corrected chi connectivity index (χ2v) is 8.13. The van der Waals surface area contributed by atoms with Gasteiger partial charge in [-0.3, -0.25) is 4.90 Å². The molecule has 150 valence electrons. The minimum Gasteiger partial charge on any atom is -0.484 e. The first-order valence-corrected chi connectivity index (χ1v) is 10.6. The van der Waals surface area contributed by atoms with E-state index in [0.717, 1.165) is 51.1 Å². The number of likely N-dealkylation sites (tertiary alicyclic amines) is 1. The molecule has 1 heterocycles. The number of ether oxygens (including phenoxy) is 2. The number of fused-ring (bicyclic) bond motifs is 1. The minimum atomic E-state index is 0.0556. The highest BCUT2D eigenvalue weighted by Crippen LogP contribution is 2.37. The monoisotopic (exact) mass is 380 g/mol. The molecule has 1 saturated heterocycles. The summed E-state index contributed by atoms with van der Waals surface area (Å²) in [4.78, 5) is 2.57. The maximum Gasteiger partial charge on any atom is 0.139 e. The van der Waals surface area contributed by atoms with Crippen LogP contribution < -0.4 is 10.5 Å². The van der Waals surface area contributed by atoms with Gasteiger partial charge in [0.2, 0.25) is 0 Å². The van der Waals surface area contributed by atoms with Crippen LogP contribution in [-0.2, 0) is 17.6 Å². The molecule has 3 atom stereocenters. The minimum absolute atomic E-state index is 0.0556. The van der Waals surface area contributed by atoms with Gasteiger partial charge in [0.25, 0.3) is 0 Å². The summed E-state index contributed by atoms with van der Waals surface area (Å²) in [6.07, 6.45) is 5.54. The zero-order valence-electron chi connectivity index (χ0n) is 16.8. The van der Waals surface area contributed by atoms with Gasteiger partial charge in [-0.15, -0.1) is 0 Å². The Bertz CT molecular complexity index is 761. The SMILES string of the molecule is COCCc1ccc(O[C@H]2c3ccccc3CC[C@@H]2N2CCC[C@H](N)C2)cc1. The van der Waals surface area contributed by atoms with Crippen LogP contribution in [0.1, 0.15) is 42.1 Å². The smallest absolute Gasteiger partial charge is 0.139 e. The fraction of sp³-hybridized carbons (Fsp3) is 0.500. The molecule has 0 aromatic heterocycles. The van der Waals surface area contributed by atoms with Gasteiger partial charge in [-0.25, -0.2) is 0 Å². The molecular weight excluding hydrogens is 348 g/mol. The van der Waals surface area contributed by atoms with Crippen molar-refractivity contribution in [3.8, 4) is 5.75 Å². The summed E-state index contributed by atoms with van der Waals surface area (Å²) >= 11 is 0. The number of nitrogens with two attached hydrogens (primary N) is 1. The number of piperidine rings is 1. The van der Waals surface area contributed by atoms with Crippen molar-refractivity contribution in [1.29, 1.82) is 0 Å². The number of aryl methyl sites for hydroxylation is 1. The zero-order valence-corrected chi connectivity index (χ0v) is 16.8. The molecule has 0 unspecified atom stereocenters. The molecule has 0 saturated carbocycles. The van der Waals surface area contributed by atoms with E-state index in [9.17, 15) is 0 Å². The van der Waals surface area contributed by atoms with Crippen molar-refractivity contribution < 1.29 is 9.47 Å². The predicted octanol–water partition coefficient (Wildman–Crippen LogP) is 3.73. The Morgan fingerprint density at radius 2 is 1.89 bits per heavy atom. The highest BCUT2D eigenvalue weighted by atomic mass is 16.5. The third-order valence-corrected chi connectivity index (χ3v) is 6.16. The second-order valence-electron chi connectivity index (χ2n) is 8.13. The Hall–Kier alpha value is -1.88. The van der Waals surface area contributed by atoms with Crippen molar-refractivity contribution in [2.45, 2.75) is 50.3 Å². The average Bonchev–Trinajstić information content (AvgIpc) is 2.73. The number of rotatable bonds is 6. The van der Waals surface area contributed by atoms with Crippen molar-refractivity contribution in [2.75, 3.05) is 26.8 Å². The largest absolute Gasteiger partial charge is 0.484 e. The lowest BCUT2D eigenvalue weighted by molar-refractivity contribution is 0.0367. The summed E-state index contributed by atoms with van der Waals surface area (Å²) < 4.78 is 11.8. The van der Waals surface area contributed by atoms with Crippen molar-refractivity contribution in [3.05, 3.63) is 65.2 Å². The van der Waals surface area contributed by atoms with Crippen LogP contribution in [0.15, 0.2) is 48.5 Å². The summed E-state index contributed by atoms with van der Waals surface area (Å²) in [6.45, 7) is 2.84. The number of nitrogens with zero attached hydrogens (tertiary/aromatic N) is 1. The lowest BCUT2D eigenvalue weighted by Crippen LogP contribution is -2.51. The number of methoxy groups -OCH3 is 1. The summed E-state index contributed by atoms with van der Waals surface area (Å²) in [6, 6.07) is 17.9. The van der Waals surface area contributed by atoms with Crippen LogP contribution in [0.25, 0.3) is 0 Å². The van der Waals surface area contributed by atoms with E-state index in [1.54, 1.807) is 7.11 Å². The lowest BCUT2D eigenvalue weighted by Gasteiger charge is -2.43. The normalized spacial score (nSPS) is 25.3. The second kappa shape index (κ2) is 9.08. The van der Waals surface area contributed by atoms with E-state index in [-0.39, 0.29) is 12.1 Å². The number of benzene rings is 2. The van der Waals surface area contributed by atoms with Gasteiger partial charge in [-0.1, -0.05) is 36.4 Å². The molecule has 0 radical (unpaired) electrons. The molecule has 1 aliphatic heterocycles. The topological polar surface area (TPSA) is 47.7 Å². The molecule has 0 bridgehead atoms. The maximum atomic E-state index is 6.63. The molecule has 2 N–H and O–H groups in total. The molecule has 28 heavy (non-hydrogen) atoms. The van der Waals surface area contributed by atoms with Gasteiger partial charge in [0, 0.05) is 19.7 Å². The van der Waals surface area contributed by atoms with Gasteiger partial charge in [0.1, 0.15) is 11.9 Å². The van der Waals surface area contributed by atoms with E-state index in [4.69, 9.17) is 15.2 Å². The summed E-state index contributed by atoms with van der Waals surface area (Å²) in [7, 11) is 1.74. The Balaban J connectivity index is 1.56. The number of hydrogen-bond acceptors (Lipinski definition) is 4. The van der Waals surface area contributed by atoms with E-state index < -0.39 is 0 Å². The molecule has 2 aliphatic rings. The van der Waals surface area contributed by atoms with Gasteiger partial charge in [0.05, 0.1) is 12.6 Å². The highest BCUT2D eigenvalue weighted by molar-refractivity contribution is 5.35. The molecule has 1 fully saturated rings. The first-order valence-electron chi connectivity index (χ1n) is 10.6. The summed E-state index contributed by atoms with van der Waals surface area (Å²) in [5, 5.41) is 0. The van der Waals surface area contributed by atoms with Crippen LogP contribution in [0.4, 0.5) is 0 Å². The number of hydrogen-bond donors (Lipinski definition) is 1. The Labute approximate surface area is 168 Å². The molecule has 0 amide bonds. The zero-order chi connectivity index (χ0) is 19.3. The highest BCUT2D eigenvalue weighted by Gasteiger charge is 2.36. The summed E-state index contributed by atoms with van der Waals surface area (Å²) in [5.74, 6) is 0.939. The van der Waals surface area contributed by atoms with Crippen molar-refractivity contribution in [1.82, 2.24) is 4.90 Å². The van der Waals surface area contributed by atoms with E-state index in [1.807, 2.05) is 0 Å². The van der Waals surface area contributed by atoms with Crippen LogP contribution in [0.2, 0.25) is 0 Å². The van der Waals surface area contributed by atoms with Gasteiger partial charge < -0.3 is 15.2 Å². The van der Waals surface area contributed by atoms with Crippen molar-refractivity contribution in [2.24, 2.45) is 5.73 Å². The Kier molecular flexibility index (Phi) is 6.30. The van der Waals surface area contributed by atoms with Crippen LogP contribution in [0.5, 0.6) is 5.75 Å². The van der Waals surface area contributed by atoms with Crippen LogP contribution in [0.3, 0.4) is 0 Å². The molecule has 1 aliphatic carbocycles. The van der Waals surface area contributed by atoms with Crippen LogP contribution in [-0.4, -0.2) is 43.8 Å². The third kappa shape index (κ3) is 4.40. The van der Waals surface area contributed by atoms with E-state index in [0.29, 0.717) is 6.04 Å².